The summed E-state index contributed by atoms with van der Waals surface area (Å²) < 4.78 is 17.9. The highest BCUT2D eigenvalue weighted by Gasteiger charge is 2.14. The molecule has 8 heteroatoms. The van der Waals surface area contributed by atoms with Crippen molar-refractivity contribution in [3.05, 3.63) is 56.2 Å². The van der Waals surface area contributed by atoms with Crippen LogP contribution >= 0.6 is 31.9 Å². The number of nitrogens with zero attached hydrogens (tertiary/aromatic N) is 1. The molecule has 2 aromatic carbocycles. The zero-order valence-corrected chi connectivity index (χ0v) is 18.0. The Labute approximate surface area is 172 Å². The van der Waals surface area contributed by atoms with Crippen LogP contribution in [0.3, 0.4) is 0 Å². The number of carbonyl (C=O) groups is 1. The van der Waals surface area contributed by atoms with Crippen molar-refractivity contribution >= 4 is 55.0 Å². The van der Waals surface area contributed by atoms with Crippen molar-refractivity contribution in [1.29, 1.82) is 0 Å². The molecule has 1 N–H and O–H groups in total. The Morgan fingerprint density at radius 3 is 2.67 bits per heavy atom. The van der Waals surface area contributed by atoms with E-state index >= 15 is 0 Å². The van der Waals surface area contributed by atoms with Gasteiger partial charge in [0.05, 0.1) is 24.9 Å². The van der Waals surface area contributed by atoms with Crippen LogP contribution in [-0.4, -0.2) is 26.3 Å². The quantitative estimate of drug-likeness (QED) is 0.397. The Bertz CT molecular complexity index is 1040. The van der Waals surface area contributed by atoms with Crippen molar-refractivity contribution in [2.75, 3.05) is 14.2 Å². The molecular weight excluding hydrogens is 480 g/mol. The van der Waals surface area contributed by atoms with Gasteiger partial charge in [0, 0.05) is 21.0 Å². The molecule has 0 aliphatic carbocycles. The van der Waals surface area contributed by atoms with Gasteiger partial charge < -0.3 is 13.9 Å². The van der Waals surface area contributed by atoms with E-state index in [1.807, 2.05) is 25.1 Å². The lowest BCUT2D eigenvalue weighted by atomic mass is 10.1. The normalized spacial score (nSPS) is 11.1. The van der Waals surface area contributed by atoms with Gasteiger partial charge >= 0.3 is 5.91 Å². The van der Waals surface area contributed by atoms with Crippen LogP contribution < -0.4 is 14.9 Å². The Morgan fingerprint density at radius 1 is 1.19 bits per heavy atom. The summed E-state index contributed by atoms with van der Waals surface area (Å²) >= 11 is 6.83. The Morgan fingerprint density at radius 2 is 1.96 bits per heavy atom. The van der Waals surface area contributed by atoms with Crippen molar-refractivity contribution in [1.82, 2.24) is 5.43 Å². The van der Waals surface area contributed by atoms with E-state index < -0.39 is 5.91 Å². The third-order valence-electron chi connectivity index (χ3n) is 3.94. The van der Waals surface area contributed by atoms with Gasteiger partial charge in [-0.25, -0.2) is 5.43 Å². The molecule has 27 heavy (non-hydrogen) atoms. The number of carbonyl (C=O) groups excluding carboxylic acids is 1. The fourth-order valence-corrected chi connectivity index (χ4v) is 4.03. The van der Waals surface area contributed by atoms with E-state index in [0.717, 1.165) is 19.9 Å². The fourth-order valence-electron chi connectivity index (χ4n) is 2.69. The Balaban J connectivity index is 1.80. The van der Waals surface area contributed by atoms with E-state index in [-0.39, 0.29) is 5.76 Å². The maximum Gasteiger partial charge on any atom is 0.307 e. The van der Waals surface area contributed by atoms with Gasteiger partial charge in [0.1, 0.15) is 17.1 Å². The van der Waals surface area contributed by atoms with Gasteiger partial charge in [-0.15, -0.1) is 0 Å². The molecule has 0 unspecified atom stereocenters. The fraction of sp³-hybridized carbons (Fsp3) is 0.158. The van der Waals surface area contributed by atoms with Crippen molar-refractivity contribution in [3.63, 3.8) is 0 Å². The average Bonchev–Trinajstić information content (AvgIpc) is 3.06. The second-order valence-electron chi connectivity index (χ2n) is 5.63. The van der Waals surface area contributed by atoms with E-state index in [4.69, 9.17) is 13.9 Å². The zero-order valence-electron chi connectivity index (χ0n) is 14.8. The highest BCUT2D eigenvalue weighted by atomic mass is 79.9. The van der Waals surface area contributed by atoms with Crippen molar-refractivity contribution in [3.8, 4) is 11.5 Å². The number of fused-ring (bicyclic) bond motifs is 1. The van der Waals surface area contributed by atoms with E-state index in [1.54, 1.807) is 26.4 Å². The summed E-state index contributed by atoms with van der Waals surface area (Å²) in [5.74, 6) is 1.06. The average molecular weight is 496 g/mol. The molecule has 0 radical (unpaired) electrons. The maximum absolute atomic E-state index is 12.3. The second-order valence-corrected chi connectivity index (χ2v) is 7.40. The summed E-state index contributed by atoms with van der Waals surface area (Å²) in [4.78, 5) is 12.3. The zero-order chi connectivity index (χ0) is 19.6. The van der Waals surface area contributed by atoms with Crippen LogP contribution in [0.5, 0.6) is 11.5 Å². The summed E-state index contributed by atoms with van der Waals surface area (Å²) in [6.45, 7) is 1.89. The lowest BCUT2D eigenvalue weighted by molar-refractivity contribution is 0.0929. The first-order chi connectivity index (χ1) is 12.9. The van der Waals surface area contributed by atoms with Crippen LogP contribution in [0, 0.1) is 6.92 Å². The number of halogens is 2. The molecule has 0 saturated carbocycles. The van der Waals surface area contributed by atoms with Crippen LogP contribution in [0.1, 0.15) is 21.7 Å². The highest BCUT2D eigenvalue weighted by Crippen LogP contribution is 2.31. The number of nitrogens with one attached hydrogen (secondary N) is 1. The van der Waals surface area contributed by atoms with Crippen LogP contribution in [0.4, 0.5) is 0 Å². The van der Waals surface area contributed by atoms with Crippen LogP contribution in [-0.2, 0) is 0 Å². The number of benzene rings is 2. The minimum Gasteiger partial charge on any atom is -0.496 e. The summed E-state index contributed by atoms with van der Waals surface area (Å²) in [7, 11) is 3.17. The molecule has 1 heterocycles. The molecule has 0 atom stereocenters. The lowest BCUT2D eigenvalue weighted by Gasteiger charge is -2.11. The van der Waals surface area contributed by atoms with E-state index in [0.29, 0.717) is 22.6 Å². The molecular formula is C19H16Br2N2O4. The second kappa shape index (κ2) is 8.14. The molecule has 3 rings (SSSR count). The van der Waals surface area contributed by atoms with Crippen LogP contribution in [0.25, 0.3) is 11.0 Å². The predicted octanol–water partition coefficient (Wildman–Crippen LogP) is 5.05. The first-order valence-corrected chi connectivity index (χ1v) is 9.46. The largest absolute Gasteiger partial charge is 0.496 e. The number of hydrazone groups is 1. The van der Waals surface area contributed by atoms with Gasteiger partial charge in [-0.05, 0) is 53.2 Å². The summed E-state index contributed by atoms with van der Waals surface area (Å²) in [6, 6.07) is 9.00. The van der Waals surface area contributed by atoms with E-state index in [1.165, 1.54) is 6.21 Å². The van der Waals surface area contributed by atoms with Crippen molar-refractivity contribution < 1.29 is 18.7 Å². The molecule has 1 amide bonds. The van der Waals surface area contributed by atoms with E-state index in [2.05, 4.69) is 42.4 Å². The Hall–Kier alpha value is -2.32. The molecule has 3 aromatic rings. The third kappa shape index (κ3) is 4.01. The molecule has 6 nitrogen and oxygen atoms in total. The smallest absolute Gasteiger partial charge is 0.307 e. The SMILES string of the molecule is COc1ccc(/C=N\NC(=O)c2cc3cc(Br)cc(Br)c3o2)c(OC)c1C. The first-order valence-electron chi connectivity index (χ1n) is 7.88. The lowest BCUT2D eigenvalue weighted by Crippen LogP contribution is -2.16. The number of rotatable bonds is 5. The van der Waals surface area contributed by atoms with Gasteiger partial charge in [-0.2, -0.15) is 5.10 Å². The molecule has 0 aliphatic heterocycles. The summed E-state index contributed by atoms with van der Waals surface area (Å²) in [6.07, 6.45) is 1.51. The molecule has 140 valence electrons. The minimum atomic E-state index is -0.449. The summed E-state index contributed by atoms with van der Waals surface area (Å²) in [5.41, 5.74) is 4.63. The highest BCUT2D eigenvalue weighted by molar-refractivity contribution is 9.11. The first kappa shape index (κ1) is 19.4. The topological polar surface area (TPSA) is 73.1 Å². The number of hydrogen-bond acceptors (Lipinski definition) is 5. The van der Waals surface area contributed by atoms with Gasteiger partial charge in [0.2, 0.25) is 0 Å². The molecule has 1 aromatic heterocycles. The number of amides is 1. The minimum absolute atomic E-state index is 0.166. The molecule has 0 aliphatic rings. The third-order valence-corrected chi connectivity index (χ3v) is 4.99. The van der Waals surface area contributed by atoms with Crippen molar-refractivity contribution in [2.45, 2.75) is 6.92 Å². The van der Waals surface area contributed by atoms with Gasteiger partial charge in [0.25, 0.3) is 0 Å². The summed E-state index contributed by atoms with van der Waals surface area (Å²) in [5, 5.41) is 4.81. The number of hydrogen-bond donors (Lipinski definition) is 1. The molecule has 0 bridgehead atoms. The Kier molecular flexibility index (Phi) is 5.86. The number of methoxy groups -OCH3 is 2. The van der Waals surface area contributed by atoms with Gasteiger partial charge in [-0.3, -0.25) is 4.79 Å². The molecule has 0 spiro atoms. The van der Waals surface area contributed by atoms with Crippen LogP contribution in [0.15, 0.2) is 48.8 Å². The standard InChI is InChI=1S/C19H16Br2N2O4/c1-10-15(25-2)5-4-11(17(10)26-3)9-22-23-19(24)16-7-12-6-13(20)8-14(21)18(12)27-16/h4-9H,1-3H3,(H,23,24)/b22-9-. The number of furan rings is 1. The number of ether oxygens (including phenoxy) is 2. The van der Waals surface area contributed by atoms with Gasteiger partial charge in [-0.1, -0.05) is 15.9 Å². The molecule has 0 fully saturated rings. The maximum atomic E-state index is 12.3. The van der Waals surface area contributed by atoms with Crippen molar-refractivity contribution in [2.24, 2.45) is 5.10 Å². The molecule has 0 saturated heterocycles. The van der Waals surface area contributed by atoms with Gasteiger partial charge in [0.15, 0.2) is 5.76 Å². The van der Waals surface area contributed by atoms with E-state index in [9.17, 15) is 4.79 Å². The monoisotopic (exact) mass is 494 g/mol. The van der Waals surface area contributed by atoms with Crippen LogP contribution in [0.2, 0.25) is 0 Å². The predicted molar refractivity (Wildman–Crippen MR) is 111 cm³/mol.